The van der Waals surface area contributed by atoms with Gasteiger partial charge < -0.3 is 4.42 Å². The van der Waals surface area contributed by atoms with E-state index in [-0.39, 0.29) is 0 Å². The summed E-state index contributed by atoms with van der Waals surface area (Å²) >= 11 is 0. The second kappa shape index (κ2) is 10.9. The molecule has 0 saturated heterocycles. The van der Waals surface area contributed by atoms with E-state index in [1.807, 2.05) is 0 Å². The van der Waals surface area contributed by atoms with Crippen LogP contribution in [0.1, 0.15) is 41.1 Å². The maximum absolute atomic E-state index is 9.87. The summed E-state index contributed by atoms with van der Waals surface area (Å²) in [6.07, 6.45) is 0. The van der Waals surface area contributed by atoms with Crippen LogP contribution in [-0.4, -0.2) is 0 Å². The van der Waals surface area contributed by atoms with Crippen LogP contribution in [0.2, 0.25) is 0 Å². The Kier molecular flexibility index (Phi) is 2.50. The van der Waals surface area contributed by atoms with Gasteiger partial charge in [0.2, 0.25) is 0 Å². The van der Waals surface area contributed by atoms with Gasteiger partial charge in [0.15, 0.2) is 0 Å². The minimum Gasteiger partial charge on any atom is -0.455 e. The van der Waals surface area contributed by atoms with Gasteiger partial charge in [0, 0.05) is 16.2 Å². The Morgan fingerprint density at radius 3 is 1.55 bits per heavy atom. The molecule has 51 heavy (non-hydrogen) atoms. The molecule has 0 bridgehead atoms. The minimum absolute atomic E-state index is 0.431. The molecule has 1 heteroatoms. The van der Waals surface area contributed by atoms with E-state index in [1.54, 1.807) is 0 Å². The van der Waals surface area contributed by atoms with Gasteiger partial charge in [-0.15, -0.1) is 0 Å². The zero-order chi connectivity index (χ0) is 59.6. The number of benzene rings is 10. The van der Waals surface area contributed by atoms with Crippen LogP contribution >= 0.6 is 0 Å². The van der Waals surface area contributed by atoms with Gasteiger partial charge in [0.25, 0.3) is 0 Å². The molecule has 0 aliphatic heterocycles. The van der Waals surface area contributed by atoms with Gasteiger partial charge in [0.05, 0.1) is 41.1 Å². The average Bonchev–Trinajstić information content (AvgIpc) is 2.50. The van der Waals surface area contributed by atoms with Crippen LogP contribution in [0.3, 0.4) is 0 Å². The Hall–Kier alpha value is -6.70. The molecule has 236 valence electrons. The van der Waals surface area contributed by atoms with Gasteiger partial charge in [-0.3, -0.25) is 0 Å². The SMILES string of the molecule is [2H]c1c([2H])c(-c2c([2H])c([2H])c([2H])c3c([2H])c([2H])c4c([2H])c([2H])c([2H])c([2H])c4c23)c([2H])c([2H])c1-c1c2c([2H])c([2H])c([2H])c([2H])c2c(-c2c([2H])c([2H])c3oc4c5c([2H])c([2H])c([2H])c([2H])c5c([2H])c([2H])c4c3c2[2H])c2c([2H])c([2H])c([2H])c([2H])c12. The third-order valence-electron chi connectivity index (χ3n) is 8.56. The molecule has 0 N–H and O–H groups in total. The highest BCUT2D eigenvalue weighted by Gasteiger charge is 2.19. The Labute approximate surface area is 336 Å². The highest BCUT2D eigenvalue weighted by atomic mass is 16.3. The van der Waals surface area contributed by atoms with Gasteiger partial charge >= 0.3 is 0 Å². The largest absolute Gasteiger partial charge is 0.455 e. The molecule has 1 aromatic heterocycles. The second-order valence-corrected chi connectivity index (χ2v) is 11.3. The van der Waals surface area contributed by atoms with Gasteiger partial charge in [-0.1, -0.05) is 163 Å². The predicted octanol–water partition coefficient (Wildman–Crippen LogP) is 14.4. The molecule has 0 aliphatic carbocycles. The number of fused-ring (bicyclic) bond motifs is 10. The van der Waals surface area contributed by atoms with E-state index in [9.17, 15) is 16.4 Å². The summed E-state index contributed by atoms with van der Waals surface area (Å²) in [5.41, 5.74) is -6.01. The molecule has 11 aromatic rings. The van der Waals surface area contributed by atoms with Crippen molar-refractivity contribution in [2.75, 3.05) is 0 Å². The van der Waals surface area contributed by atoms with Gasteiger partial charge in [-0.05, 0) is 100.0 Å². The average molecular weight is 677 g/mol. The van der Waals surface area contributed by atoms with Crippen molar-refractivity contribution in [3.05, 3.63) is 181 Å². The third kappa shape index (κ3) is 4.22. The van der Waals surface area contributed by atoms with Crippen molar-refractivity contribution in [2.45, 2.75) is 0 Å². The molecular formula is C50H30O. The Bertz CT molecular complexity index is 4820. The first-order valence-corrected chi connectivity index (χ1v) is 15.2. The summed E-state index contributed by atoms with van der Waals surface area (Å²) in [5.74, 6) is 0. The fourth-order valence-electron chi connectivity index (χ4n) is 6.38. The molecule has 0 atom stereocenters. The molecule has 0 fully saturated rings. The first-order valence-electron chi connectivity index (χ1n) is 30.2. The predicted molar refractivity (Wildman–Crippen MR) is 218 cm³/mol. The molecule has 1 nitrogen and oxygen atoms in total. The standard InChI is InChI=1S/C50H30O/c1-3-13-37-31(10-1)20-23-34-12-9-19-38(47(34)37)33-21-24-35(25-22-33)48-40-15-5-7-17-42(40)49(43-18-8-6-16-41(43)48)36-27-29-46-45(30-36)44-28-26-32-11-2-4-14-39(32)50(44)51-46/h1-30H/i1D,2D,3D,4D,5D,6D,7D,8D,9D,10D,11D,12D,13D,14D,15D,16D,17D,18D,19D,20D,21D,22D,23D,24D,25D,26D,27D,28D,29D,30D. The zero-order valence-electron chi connectivity index (χ0n) is 55.4. The quantitative estimate of drug-likeness (QED) is 0.134. The molecule has 1 heterocycles. The van der Waals surface area contributed by atoms with Crippen LogP contribution in [0.15, 0.2) is 186 Å². The lowest BCUT2D eigenvalue weighted by molar-refractivity contribution is 0.672. The highest BCUT2D eigenvalue weighted by Crippen LogP contribution is 2.46. The number of rotatable bonds is 3. The lowest BCUT2D eigenvalue weighted by Gasteiger charge is -2.18. The van der Waals surface area contributed by atoms with Crippen molar-refractivity contribution in [2.24, 2.45) is 0 Å². The second-order valence-electron chi connectivity index (χ2n) is 11.3. The summed E-state index contributed by atoms with van der Waals surface area (Å²) in [6.45, 7) is 0. The molecule has 0 spiro atoms. The molecule has 10 aromatic carbocycles. The molecule has 0 amide bonds. The summed E-state index contributed by atoms with van der Waals surface area (Å²) in [7, 11) is 0. The van der Waals surface area contributed by atoms with Crippen LogP contribution in [0.5, 0.6) is 0 Å². The maximum atomic E-state index is 9.87. The number of hydrogen-bond acceptors (Lipinski definition) is 1. The summed E-state index contributed by atoms with van der Waals surface area (Å²) in [4.78, 5) is 0. The van der Waals surface area contributed by atoms with E-state index in [1.165, 1.54) is 0 Å². The van der Waals surface area contributed by atoms with E-state index >= 15 is 0 Å². The zero-order valence-corrected chi connectivity index (χ0v) is 25.4. The van der Waals surface area contributed by atoms with Crippen molar-refractivity contribution >= 4 is 75.8 Å². The van der Waals surface area contributed by atoms with Crippen molar-refractivity contribution < 1.29 is 45.5 Å². The Morgan fingerprint density at radius 1 is 0.333 bits per heavy atom. The molecule has 11 rings (SSSR count). The van der Waals surface area contributed by atoms with Crippen molar-refractivity contribution in [1.29, 1.82) is 0 Å². The fraction of sp³-hybridized carbons (Fsp3) is 0. The molecule has 0 aliphatic rings. The van der Waals surface area contributed by atoms with E-state index in [0.717, 1.165) is 0 Å². The molecular weight excluding hydrogens is 617 g/mol. The van der Waals surface area contributed by atoms with Crippen LogP contribution in [0.4, 0.5) is 0 Å². The monoisotopic (exact) mass is 676 g/mol. The van der Waals surface area contributed by atoms with Gasteiger partial charge in [0.1, 0.15) is 11.2 Å². The summed E-state index contributed by atoms with van der Waals surface area (Å²) in [6, 6.07) is -28.0. The van der Waals surface area contributed by atoms with Crippen LogP contribution in [0, 0.1) is 0 Å². The van der Waals surface area contributed by atoms with Crippen LogP contribution in [-0.2, 0) is 0 Å². The summed E-state index contributed by atoms with van der Waals surface area (Å²) in [5, 5.41) is -7.40. The van der Waals surface area contributed by atoms with Crippen molar-refractivity contribution in [3.8, 4) is 33.4 Å². The summed E-state index contributed by atoms with van der Waals surface area (Å²) < 4.78 is 278. The van der Waals surface area contributed by atoms with Gasteiger partial charge in [-0.25, -0.2) is 0 Å². The molecule has 0 radical (unpaired) electrons. The Balaban J connectivity index is 1.37. The van der Waals surface area contributed by atoms with Crippen molar-refractivity contribution in [1.82, 2.24) is 0 Å². The van der Waals surface area contributed by atoms with Gasteiger partial charge in [-0.2, -0.15) is 0 Å². The van der Waals surface area contributed by atoms with E-state index in [0.29, 0.717) is 0 Å². The smallest absolute Gasteiger partial charge is 0.143 e. The van der Waals surface area contributed by atoms with Crippen LogP contribution < -0.4 is 0 Å². The third-order valence-corrected chi connectivity index (χ3v) is 8.56. The highest BCUT2D eigenvalue weighted by molar-refractivity contribution is 6.23. The first-order chi connectivity index (χ1) is 37.8. The number of hydrogen-bond donors (Lipinski definition) is 0. The maximum Gasteiger partial charge on any atom is 0.143 e. The van der Waals surface area contributed by atoms with Crippen molar-refractivity contribution in [3.63, 3.8) is 0 Å². The Morgan fingerprint density at radius 2 is 0.843 bits per heavy atom. The van der Waals surface area contributed by atoms with E-state index < -0.39 is 290 Å². The fourth-order valence-corrected chi connectivity index (χ4v) is 6.38. The topological polar surface area (TPSA) is 13.1 Å². The first kappa shape index (κ1) is 11.7. The molecule has 0 saturated carbocycles. The molecule has 0 unspecified atom stereocenters. The van der Waals surface area contributed by atoms with Crippen LogP contribution in [0.25, 0.3) is 109 Å². The normalized spacial score (nSPS) is 20.2. The minimum atomic E-state index is -1.15. The van der Waals surface area contributed by atoms with E-state index in [4.69, 9.17) is 29.1 Å². The number of furan rings is 1. The lowest BCUT2D eigenvalue weighted by Crippen LogP contribution is -1.91. The lowest BCUT2D eigenvalue weighted by atomic mass is 9.85. The van der Waals surface area contributed by atoms with E-state index in [2.05, 4.69) is 0 Å².